The Bertz CT molecular complexity index is 2520. The summed E-state index contributed by atoms with van der Waals surface area (Å²) in [6.45, 7) is 8.12. The van der Waals surface area contributed by atoms with Crippen LogP contribution in [0.15, 0.2) is 61.1 Å². The lowest BCUT2D eigenvalue weighted by molar-refractivity contribution is -0.141. The average molecular weight is 1130 g/mol. The molecular formula is C50H72N12O14S2. The van der Waals surface area contributed by atoms with Gasteiger partial charge in [-0.15, -0.1) is 0 Å². The van der Waals surface area contributed by atoms with E-state index in [1.807, 2.05) is 0 Å². The molecule has 1 aromatic heterocycles. The Morgan fingerprint density at radius 2 is 0.923 bits per heavy atom. The molecule has 3 rings (SSSR count). The molecule has 26 nitrogen and oxygen atoms in total. The van der Waals surface area contributed by atoms with Crippen molar-refractivity contribution in [2.24, 2.45) is 23.3 Å². The SMILES string of the molecule is CC(C)C[C@H](NC(=O)[C@H](Cc1ccc(O)cc1)NC(=O)[C@H](Cc1cnc[nH]1)NC(=O)[C@@H](N)CS)C(=O)N[C@@H](CC(C)C)C(=O)N[C@H](C(=O)N[C@@H](CC(N)=O)C(=O)N[C@@H](Cc1ccc(O)cc1)C(=O)N[C@@H](CS)C(=O)O)[C@@H](C)O. The van der Waals surface area contributed by atoms with E-state index in [-0.39, 0.29) is 66.9 Å². The van der Waals surface area contributed by atoms with E-state index >= 15 is 0 Å². The number of amides is 9. The topological polar surface area (TPSA) is 429 Å². The predicted molar refractivity (Wildman–Crippen MR) is 289 cm³/mol. The number of thiol groups is 2. The van der Waals surface area contributed by atoms with Crippen LogP contribution in [0.2, 0.25) is 0 Å². The zero-order valence-corrected chi connectivity index (χ0v) is 45.5. The van der Waals surface area contributed by atoms with Crippen LogP contribution in [0.4, 0.5) is 0 Å². The molecule has 3 aromatic rings. The number of aromatic amines is 1. The van der Waals surface area contributed by atoms with Crippen molar-refractivity contribution in [1.29, 1.82) is 0 Å². The molecule has 2 aromatic carbocycles. The van der Waals surface area contributed by atoms with Crippen molar-refractivity contribution in [3.63, 3.8) is 0 Å². The van der Waals surface area contributed by atoms with Crippen LogP contribution in [0.1, 0.15) is 70.7 Å². The van der Waals surface area contributed by atoms with Gasteiger partial charge in [0.25, 0.3) is 0 Å². The van der Waals surface area contributed by atoms with Crippen molar-refractivity contribution >= 4 is 84.4 Å². The number of carboxylic acid groups (broad SMARTS) is 1. The summed E-state index contributed by atoms with van der Waals surface area (Å²) in [5, 5.41) is 60.0. The molecule has 78 heavy (non-hydrogen) atoms. The maximum absolute atomic E-state index is 14.4. The number of H-pyrrole nitrogens is 1. The minimum absolute atomic E-state index is 0.00238. The Hall–Kier alpha value is -7.43. The van der Waals surface area contributed by atoms with E-state index in [1.54, 1.807) is 27.7 Å². The summed E-state index contributed by atoms with van der Waals surface area (Å²) in [6, 6.07) is -2.05. The van der Waals surface area contributed by atoms with Crippen LogP contribution in [-0.2, 0) is 67.2 Å². The van der Waals surface area contributed by atoms with Gasteiger partial charge in [0, 0.05) is 42.7 Å². The first-order valence-corrected chi connectivity index (χ1v) is 26.1. The van der Waals surface area contributed by atoms with Gasteiger partial charge in [-0.25, -0.2) is 9.78 Å². The monoisotopic (exact) mass is 1130 g/mol. The number of phenolic OH excluding ortho intramolecular Hbond substituents is 2. The maximum atomic E-state index is 14.4. The second-order valence-electron chi connectivity index (χ2n) is 19.4. The van der Waals surface area contributed by atoms with Gasteiger partial charge >= 0.3 is 5.97 Å². The summed E-state index contributed by atoms with van der Waals surface area (Å²) >= 11 is 8.03. The van der Waals surface area contributed by atoms with Crippen molar-refractivity contribution in [2.45, 2.75) is 134 Å². The fraction of sp³-hybridized carbons (Fsp3) is 0.500. The summed E-state index contributed by atoms with van der Waals surface area (Å²) in [6.07, 6.45) is -0.332. The van der Waals surface area contributed by atoms with Gasteiger partial charge in [0.05, 0.1) is 24.9 Å². The van der Waals surface area contributed by atoms with Crippen molar-refractivity contribution in [2.75, 3.05) is 11.5 Å². The number of nitrogens with one attached hydrogen (secondary N) is 9. The van der Waals surface area contributed by atoms with Gasteiger partial charge in [0.2, 0.25) is 53.2 Å². The van der Waals surface area contributed by atoms with Crippen molar-refractivity contribution in [3.05, 3.63) is 77.9 Å². The molecule has 0 spiro atoms. The minimum atomic E-state index is -1.86. The van der Waals surface area contributed by atoms with Crippen LogP contribution in [0, 0.1) is 11.8 Å². The zero-order chi connectivity index (χ0) is 58.4. The highest BCUT2D eigenvalue weighted by molar-refractivity contribution is 7.80. The van der Waals surface area contributed by atoms with Crippen LogP contribution in [0.3, 0.4) is 0 Å². The molecule has 10 atom stereocenters. The Labute approximate surface area is 461 Å². The average Bonchev–Trinajstić information content (AvgIpc) is 3.89. The molecule has 0 saturated heterocycles. The number of carbonyl (C=O) groups is 10. The number of imidazole rings is 1. The number of aliphatic carboxylic acids is 1. The zero-order valence-electron chi connectivity index (χ0n) is 43.7. The third-order valence-electron chi connectivity index (χ3n) is 11.7. The summed E-state index contributed by atoms with van der Waals surface area (Å²) in [4.78, 5) is 142. The number of benzene rings is 2. The number of primary amides is 1. The number of hydrogen-bond donors (Lipinski definition) is 17. The second kappa shape index (κ2) is 31.7. The first-order valence-electron chi connectivity index (χ1n) is 24.8. The quantitative estimate of drug-likeness (QED) is 0.0284. The first-order chi connectivity index (χ1) is 36.7. The number of aliphatic hydroxyl groups excluding tert-OH is 1. The van der Waals surface area contributed by atoms with E-state index in [9.17, 15) is 68.4 Å². The Kier molecular flexibility index (Phi) is 26.4. The number of rotatable bonds is 32. The van der Waals surface area contributed by atoms with E-state index in [2.05, 4.69) is 77.8 Å². The lowest BCUT2D eigenvalue weighted by Gasteiger charge is -2.29. The van der Waals surface area contributed by atoms with E-state index in [0.29, 0.717) is 16.8 Å². The lowest BCUT2D eigenvalue weighted by atomic mass is 9.98. The van der Waals surface area contributed by atoms with Crippen molar-refractivity contribution < 1.29 is 68.4 Å². The maximum Gasteiger partial charge on any atom is 0.327 e. The number of carbonyl (C=O) groups excluding carboxylic acids is 9. The summed E-state index contributed by atoms with van der Waals surface area (Å²) in [5.41, 5.74) is 12.7. The third kappa shape index (κ3) is 21.9. The normalized spacial score (nSPS) is 15.1. The van der Waals surface area contributed by atoms with E-state index in [1.165, 1.54) is 61.1 Å². The first kappa shape index (κ1) is 64.9. The molecule has 0 fully saturated rings. The molecule has 17 N–H and O–H groups in total. The molecule has 428 valence electrons. The number of phenols is 2. The highest BCUT2D eigenvalue weighted by Gasteiger charge is 2.37. The van der Waals surface area contributed by atoms with Crippen LogP contribution >= 0.6 is 25.3 Å². The number of nitrogens with zero attached hydrogens (tertiary/aromatic N) is 1. The number of hydrogen-bond acceptors (Lipinski definition) is 17. The lowest BCUT2D eigenvalue weighted by Crippen LogP contribution is -2.62. The molecule has 0 saturated carbocycles. The van der Waals surface area contributed by atoms with Crippen molar-refractivity contribution in [1.82, 2.24) is 52.5 Å². The largest absolute Gasteiger partial charge is 0.508 e. The molecule has 1 heterocycles. The standard InChI is InChI=1S/C50H72N12O14S2/c1-24(2)14-33(56-44(69)35(16-27-6-10-30(64)11-7-27)58-46(71)37(18-29-20-53-23-54-29)55-42(67)32(51)21-77)43(68)57-34(15-25(3)4)48(73)62-41(26(5)63)49(74)60-38(19-40(52)66)47(72)59-36(17-28-8-12-31(65)13-9-28)45(70)61-39(22-78)50(75)76/h6-13,20,23-26,32-39,41,63-65,77-78H,14-19,21-22,51H2,1-5H3,(H2,52,66)(H,53,54)(H,55,67)(H,56,69)(H,57,68)(H,58,71)(H,59,72)(H,60,74)(H,61,70)(H,62,73)(H,75,76)/t26-,32+,33+,34+,35+,36+,37+,38+,39+,41+/m1/s1. The molecule has 0 radical (unpaired) electrons. The van der Waals surface area contributed by atoms with E-state index < -0.39 is 126 Å². The molecule has 28 heteroatoms. The predicted octanol–water partition coefficient (Wildman–Crippen LogP) is -2.65. The molecular weight excluding hydrogens is 1060 g/mol. The van der Waals surface area contributed by atoms with Crippen LogP contribution in [0.25, 0.3) is 0 Å². The summed E-state index contributed by atoms with van der Waals surface area (Å²) < 4.78 is 0. The van der Waals surface area contributed by atoms with Crippen LogP contribution < -0.4 is 54.0 Å². The highest BCUT2D eigenvalue weighted by Crippen LogP contribution is 2.16. The van der Waals surface area contributed by atoms with Gasteiger partial charge in [0.15, 0.2) is 0 Å². The number of aromatic nitrogens is 2. The molecule has 9 amide bonds. The fourth-order valence-corrected chi connectivity index (χ4v) is 8.04. The number of aliphatic hydroxyl groups is 1. The summed E-state index contributed by atoms with van der Waals surface area (Å²) in [7, 11) is 0. The number of aromatic hydroxyl groups is 2. The molecule has 0 aliphatic rings. The van der Waals surface area contributed by atoms with Crippen molar-refractivity contribution in [3.8, 4) is 11.5 Å². The van der Waals surface area contributed by atoms with Crippen LogP contribution in [-0.4, -0.2) is 162 Å². The number of nitrogens with two attached hydrogens (primary N) is 2. The number of carboxylic acids is 1. The summed E-state index contributed by atoms with van der Waals surface area (Å²) in [5.74, 6) is -11.2. The Morgan fingerprint density at radius 1 is 0.538 bits per heavy atom. The van der Waals surface area contributed by atoms with Gasteiger partial charge in [-0.3, -0.25) is 43.2 Å². The molecule has 0 bridgehead atoms. The van der Waals surface area contributed by atoms with Gasteiger partial charge in [-0.05, 0) is 67.0 Å². The van der Waals surface area contributed by atoms with Crippen LogP contribution in [0.5, 0.6) is 11.5 Å². The molecule has 0 unspecified atom stereocenters. The Balaban J connectivity index is 1.90. The van der Waals surface area contributed by atoms with Gasteiger partial charge < -0.3 is 79.4 Å². The molecule has 0 aliphatic carbocycles. The second-order valence-corrected chi connectivity index (χ2v) is 20.1. The van der Waals surface area contributed by atoms with E-state index in [0.717, 1.165) is 6.92 Å². The van der Waals surface area contributed by atoms with Gasteiger partial charge in [-0.2, -0.15) is 25.3 Å². The molecule has 0 aliphatic heterocycles. The Morgan fingerprint density at radius 3 is 1.31 bits per heavy atom. The smallest absolute Gasteiger partial charge is 0.327 e. The third-order valence-corrected chi connectivity index (χ3v) is 12.5. The minimum Gasteiger partial charge on any atom is -0.508 e. The van der Waals surface area contributed by atoms with Gasteiger partial charge in [0.1, 0.15) is 59.8 Å². The van der Waals surface area contributed by atoms with E-state index in [4.69, 9.17) is 11.5 Å². The fourth-order valence-electron chi connectivity index (χ4n) is 7.63. The van der Waals surface area contributed by atoms with Gasteiger partial charge in [-0.1, -0.05) is 52.0 Å². The highest BCUT2D eigenvalue weighted by atomic mass is 32.1.